The number of hydrogen-bond acceptors (Lipinski definition) is 2. The molecule has 14 heavy (non-hydrogen) atoms. The van der Waals surface area contributed by atoms with Crippen LogP contribution in [-0.4, -0.2) is 30.0 Å². The molecule has 1 aliphatic heterocycles. The fourth-order valence-corrected chi connectivity index (χ4v) is 1.79. The standard InChI is InChI=1S/C10H16F2N2/c1-9(2,3)6-14-7-10(11,12)4-8(14)5-13/h8H,4,6-7H2,1-3H3/t8-/m0/s1. The smallest absolute Gasteiger partial charge is 0.263 e. The molecule has 2 nitrogen and oxygen atoms in total. The van der Waals surface area contributed by atoms with Crippen LogP contribution in [0.1, 0.15) is 27.2 Å². The van der Waals surface area contributed by atoms with Crippen molar-refractivity contribution in [2.45, 2.75) is 39.2 Å². The minimum absolute atomic E-state index is 0.0461. The lowest BCUT2D eigenvalue weighted by Crippen LogP contribution is -2.36. The minimum Gasteiger partial charge on any atom is -0.281 e. The second-order valence-corrected chi connectivity index (χ2v) is 5.17. The number of nitriles is 1. The van der Waals surface area contributed by atoms with Crippen molar-refractivity contribution in [1.82, 2.24) is 4.90 Å². The van der Waals surface area contributed by atoms with E-state index >= 15 is 0 Å². The van der Waals surface area contributed by atoms with Crippen molar-refractivity contribution in [2.75, 3.05) is 13.1 Å². The zero-order valence-electron chi connectivity index (χ0n) is 8.85. The highest BCUT2D eigenvalue weighted by Crippen LogP contribution is 2.33. The number of alkyl halides is 2. The quantitative estimate of drug-likeness (QED) is 0.652. The highest BCUT2D eigenvalue weighted by molar-refractivity contribution is 5.02. The summed E-state index contributed by atoms with van der Waals surface area (Å²) in [6, 6.07) is 1.32. The third kappa shape index (κ3) is 2.91. The number of likely N-dealkylation sites (tertiary alicyclic amines) is 1. The van der Waals surface area contributed by atoms with Crippen molar-refractivity contribution >= 4 is 0 Å². The molecule has 0 amide bonds. The third-order valence-corrected chi connectivity index (χ3v) is 2.19. The zero-order valence-corrected chi connectivity index (χ0v) is 8.85. The van der Waals surface area contributed by atoms with Gasteiger partial charge >= 0.3 is 0 Å². The molecule has 0 radical (unpaired) electrons. The lowest BCUT2D eigenvalue weighted by atomic mass is 9.96. The van der Waals surface area contributed by atoms with Crippen LogP contribution in [0.25, 0.3) is 0 Å². The lowest BCUT2D eigenvalue weighted by molar-refractivity contribution is 0.00942. The van der Waals surface area contributed by atoms with Crippen LogP contribution in [0.3, 0.4) is 0 Å². The van der Waals surface area contributed by atoms with E-state index in [2.05, 4.69) is 0 Å². The van der Waals surface area contributed by atoms with Gasteiger partial charge in [-0.3, -0.25) is 4.90 Å². The van der Waals surface area contributed by atoms with E-state index in [0.29, 0.717) is 6.54 Å². The average molecular weight is 202 g/mol. The summed E-state index contributed by atoms with van der Waals surface area (Å²) in [7, 11) is 0. The van der Waals surface area contributed by atoms with Gasteiger partial charge in [-0.05, 0) is 5.41 Å². The Balaban J connectivity index is 2.66. The van der Waals surface area contributed by atoms with E-state index in [0.717, 1.165) is 0 Å². The van der Waals surface area contributed by atoms with Crippen molar-refractivity contribution < 1.29 is 8.78 Å². The number of hydrogen-bond donors (Lipinski definition) is 0. The normalized spacial score (nSPS) is 27.6. The van der Waals surface area contributed by atoms with Crippen LogP contribution < -0.4 is 0 Å². The van der Waals surface area contributed by atoms with Crippen LogP contribution >= 0.6 is 0 Å². The van der Waals surface area contributed by atoms with E-state index in [9.17, 15) is 8.78 Å². The maximum atomic E-state index is 13.0. The second kappa shape index (κ2) is 3.47. The van der Waals surface area contributed by atoms with Gasteiger partial charge in [0.2, 0.25) is 0 Å². The van der Waals surface area contributed by atoms with Crippen LogP contribution in [0.15, 0.2) is 0 Å². The first-order chi connectivity index (χ1) is 6.23. The van der Waals surface area contributed by atoms with E-state index in [1.165, 1.54) is 0 Å². The predicted molar refractivity (Wildman–Crippen MR) is 50.0 cm³/mol. The Bertz CT molecular complexity index is 250. The van der Waals surface area contributed by atoms with Gasteiger partial charge in [-0.25, -0.2) is 8.78 Å². The fraction of sp³-hybridized carbons (Fsp3) is 0.900. The molecular formula is C10H16F2N2. The summed E-state index contributed by atoms with van der Waals surface area (Å²) in [6.07, 6.45) is -0.320. The number of nitrogens with zero attached hydrogens (tertiary/aromatic N) is 2. The van der Waals surface area contributed by atoms with E-state index < -0.39 is 12.0 Å². The summed E-state index contributed by atoms with van der Waals surface area (Å²) in [5.41, 5.74) is -0.0461. The van der Waals surface area contributed by atoms with Gasteiger partial charge in [-0.2, -0.15) is 5.26 Å². The topological polar surface area (TPSA) is 27.0 Å². The molecule has 0 saturated carbocycles. The SMILES string of the molecule is CC(C)(C)CN1CC(F)(F)C[C@H]1C#N. The van der Waals surface area contributed by atoms with Crippen molar-refractivity contribution in [2.24, 2.45) is 5.41 Å². The largest absolute Gasteiger partial charge is 0.281 e. The number of halogens is 2. The zero-order chi connectivity index (χ0) is 11.0. The van der Waals surface area contributed by atoms with Crippen molar-refractivity contribution in [3.63, 3.8) is 0 Å². The molecule has 80 valence electrons. The maximum absolute atomic E-state index is 13.0. The van der Waals surface area contributed by atoms with E-state index in [1.54, 1.807) is 4.90 Å². The third-order valence-electron chi connectivity index (χ3n) is 2.19. The Morgan fingerprint density at radius 1 is 1.50 bits per heavy atom. The van der Waals surface area contributed by atoms with Gasteiger partial charge in [0, 0.05) is 13.0 Å². The molecule has 0 aromatic heterocycles. The molecule has 0 aromatic rings. The molecule has 1 rings (SSSR count). The summed E-state index contributed by atoms with van der Waals surface area (Å²) in [5.74, 6) is -2.69. The van der Waals surface area contributed by atoms with Gasteiger partial charge < -0.3 is 0 Å². The molecular weight excluding hydrogens is 186 g/mol. The van der Waals surface area contributed by atoms with Gasteiger partial charge in [-0.1, -0.05) is 20.8 Å². The summed E-state index contributed by atoms with van der Waals surface area (Å²) in [6.45, 7) is 6.22. The molecule has 0 bridgehead atoms. The Morgan fingerprint density at radius 2 is 2.07 bits per heavy atom. The number of rotatable bonds is 1. The molecule has 0 aromatic carbocycles. The van der Waals surface area contributed by atoms with Crippen molar-refractivity contribution in [1.29, 1.82) is 5.26 Å². The second-order valence-electron chi connectivity index (χ2n) is 5.17. The molecule has 4 heteroatoms. The van der Waals surface area contributed by atoms with Crippen molar-refractivity contribution in [3.8, 4) is 6.07 Å². The van der Waals surface area contributed by atoms with E-state index in [4.69, 9.17) is 5.26 Å². The van der Waals surface area contributed by atoms with Gasteiger partial charge in [-0.15, -0.1) is 0 Å². The highest BCUT2D eigenvalue weighted by Gasteiger charge is 2.45. The molecule has 1 fully saturated rings. The summed E-state index contributed by atoms with van der Waals surface area (Å²) < 4.78 is 26.0. The van der Waals surface area contributed by atoms with Crippen LogP contribution in [0.4, 0.5) is 8.78 Å². The summed E-state index contributed by atoms with van der Waals surface area (Å²) >= 11 is 0. The first-order valence-corrected chi connectivity index (χ1v) is 4.75. The van der Waals surface area contributed by atoms with Crippen LogP contribution in [0.5, 0.6) is 0 Å². The van der Waals surface area contributed by atoms with Gasteiger partial charge in [0.15, 0.2) is 0 Å². The van der Waals surface area contributed by atoms with E-state index in [1.807, 2.05) is 26.8 Å². The van der Waals surface area contributed by atoms with Gasteiger partial charge in [0.1, 0.15) is 6.04 Å². The maximum Gasteiger partial charge on any atom is 0.263 e. The summed E-state index contributed by atoms with van der Waals surface area (Å²) in [5, 5.41) is 8.74. The molecule has 0 N–H and O–H groups in total. The summed E-state index contributed by atoms with van der Waals surface area (Å²) in [4.78, 5) is 1.58. The first-order valence-electron chi connectivity index (χ1n) is 4.75. The van der Waals surface area contributed by atoms with E-state index in [-0.39, 0.29) is 18.4 Å². The van der Waals surface area contributed by atoms with Crippen LogP contribution in [0.2, 0.25) is 0 Å². The molecule has 0 spiro atoms. The molecule has 1 saturated heterocycles. The molecule has 1 aliphatic rings. The van der Waals surface area contributed by atoms with Gasteiger partial charge in [0.05, 0.1) is 12.6 Å². The fourth-order valence-electron chi connectivity index (χ4n) is 1.79. The Hall–Kier alpha value is -0.690. The Morgan fingerprint density at radius 3 is 2.50 bits per heavy atom. The Kier molecular flexibility index (Phi) is 2.82. The van der Waals surface area contributed by atoms with Gasteiger partial charge in [0.25, 0.3) is 5.92 Å². The predicted octanol–water partition coefficient (Wildman–Crippen LogP) is 2.27. The van der Waals surface area contributed by atoms with Crippen LogP contribution in [0, 0.1) is 16.7 Å². The first kappa shape index (κ1) is 11.4. The Labute approximate surface area is 83.5 Å². The molecule has 1 heterocycles. The molecule has 0 aliphatic carbocycles. The highest BCUT2D eigenvalue weighted by atomic mass is 19.3. The lowest BCUT2D eigenvalue weighted by Gasteiger charge is -2.27. The average Bonchev–Trinajstić information content (AvgIpc) is 2.21. The molecule has 0 unspecified atom stereocenters. The van der Waals surface area contributed by atoms with Crippen LogP contribution in [-0.2, 0) is 0 Å². The molecule has 1 atom stereocenters. The van der Waals surface area contributed by atoms with Crippen molar-refractivity contribution in [3.05, 3.63) is 0 Å². The minimum atomic E-state index is -2.69. The monoisotopic (exact) mass is 202 g/mol.